The summed E-state index contributed by atoms with van der Waals surface area (Å²) in [5.74, 6) is -1.09. The molecule has 1 heterocycles. The average Bonchev–Trinajstić information content (AvgIpc) is 2.39. The van der Waals surface area contributed by atoms with Crippen molar-refractivity contribution in [3.8, 4) is 5.88 Å². The molecule has 0 amide bonds. The average molecular weight is 270 g/mol. The first-order valence-corrected chi connectivity index (χ1v) is 5.83. The lowest BCUT2D eigenvalue weighted by Gasteiger charge is -2.09. The van der Waals surface area contributed by atoms with E-state index >= 15 is 0 Å². The minimum Gasteiger partial charge on any atom is -0.477 e. The summed E-state index contributed by atoms with van der Waals surface area (Å²) in [6.45, 7) is 1.79. The summed E-state index contributed by atoms with van der Waals surface area (Å²) in [6, 6.07) is 1.31. The standard InChI is InChI=1S/C12H18N2O5/c1-17-3-2-4-18-5-6-19-11-10(12(15)16)7-9(13)8-14-11/h7-8H,2-6,13H2,1H3,(H,15,16). The molecule has 0 aliphatic rings. The van der Waals surface area contributed by atoms with Crippen LogP contribution in [0.5, 0.6) is 5.88 Å². The van der Waals surface area contributed by atoms with Gasteiger partial charge in [-0.3, -0.25) is 0 Å². The van der Waals surface area contributed by atoms with E-state index in [1.165, 1.54) is 12.3 Å². The van der Waals surface area contributed by atoms with E-state index in [1.54, 1.807) is 7.11 Å². The Morgan fingerprint density at radius 2 is 2.16 bits per heavy atom. The lowest BCUT2D eigenvalue weighted by Crippen LogP contribution is -2.12. The number of ether oxygens (including phenoxy) is 3. The van der Waals surface area contributed by atoms with Gasteiger partial charge in [0.05, 0.1) is 18.5 Å². The summed E-state index contributed by atoms with van der Waals surface area (Å²) in [5, 5.41) is 8.97. The highest BCUT2D eigenvalue weighted by Gasteiger charge is 2.13. The van der Waals surface area contributed by atoms with Crippen molar-refractivity contribution < 1.29 is 24.1 Å². The van der Waals surface area contributed by atoms with E-state index in [2.05, 4.69) is 4.98 Å². The number of anilines is 1. The third-order valence-electron chi connectivity index (χ3n) is 2.21. The smallest absolute Gasteiger partial charge is 0.341 e. The van der Waals surface area contributed by atoms with Crippen LogP contribution in [0.4, 0.5) is 5.69 Å². The Hall–Kier alpha value is -1.86. The van der Waals surface area contributed by atoms with Crippen LogP contribution in [-0.4, -0.2) is 49.6 Å². The topological polar surface area (TPSA) is 104 Å². The number of nitrogen functional groups attached to an aromatic ring is 1. The number of aromatic carboxylic acids is 1. The molecule has 0 atom stereocenters. The van der Waals surface area contributed by atoms with Crippen molar-refractivity contribution in [1.29, 1.82) is 0 Å². The number of hydrogen-bond donors (Lipinski definition) is 2. The summed E-state index contributed by atoms with van der Waals surface area (Å²) >= 11 is 0. The van der Waals surface area contributed by atoms with Crippen LogP contribution in [0, 0.1) is 0 Å². The Morgan fingerprint density at radius 1 is 1.37 bits per heavy atom. The van der Waals surface area contributed by atoms with Gasteiger partial charge in [0.1, 0.15) is 12.2 Å². The number of pyridine rings is 1. The van der Waals surface area contributed by atoms with Crippen LogP contribution in [0.25, 0.3) is 0 Å². The van der Waals surface area contributed by atoms with Gasteiger partial charge in [0.15, 0.2) is 0 Å². The second kappa shape index (κ2) is 8.28. The number of methoxy groups -OCH3 is 1. The fourth-order valence-corrected chi connectivity index (χ4v) is 1.34. The first-order valence-electron chi connectivity index (χ1n) is 5.83. The molecule has 0 fully saturated rings. The molecular formula is C12H18N2O5. The normalized spacial score (nSPS) is 10.4. The lowest BCUT2D eigenvalue weighted by molar-refractivity contribution is 0.0673. The largest absolute Gasteiger partial charge is 0.477 e. The van der Waals surface area contributed by atoms with E-state index in [-0.39, 0.29) is 23.7 Å². The first-order chi connectivity index (χ1) is 9.15. The van der Waals surface area contributed by atoms with Crippen LogP contribution in [-0.2, 0) is 9.47 Å². The van der Waals surface area contributed by atoms with Crippen LogP contribution in [0.3, 0.4) is 0 Å². The number of hydrogen-bond acceptors (Lipinski definition) is 6. The van der Waals surface area contributed by atoms with Crippen molar-refractivity contribution in [1.82, 2.24) is 4.98 Å². The Kier molecular flexibility index (Phi) is 6.62. The summed E-state index contributed by atoms with van der Waals surface area (Å²) in [4.78, 5) is 14.8. The molecule has 0 bridgehead atoms. The Labute approximate surface area is 111 Å². The maximum atomic E-state index is 11.0. The van der Waals surface area contributed by atoms with Crippen molar-refractivity contribution >= 4 is 11.7 Å². The predicted molar refractivity (Wildman–Crippen MR) is 68.4 cm³/mol. The molecule has 7 heteroatoms. The molecule has 0 unspecified atom stereocenters. The third-order valence-corrected chi connectivity index (χ3v) is 2.21. The highest BCUT2D eigenvalue weighted by atomic mass is 16.5. The maximum Gasteiger partial charge on any atom is 0.341 e. The van der Waals surface area contributed by atoms with E-state index < -0.39 is 5.97 Å². The van der Waals surface area contributed by atoms with Gasteiger partial charge in [0.2, 0.25) is 5.88 Å². The molecule has 0 aliphatic carbocycles. The number of nitrogens with zero attached hydrogens (tertiary/aromatic N) is 1. The molecule has 1 rings (SSSR count). The lowest BCUT2D eigenvalue weighted by atomic mass is 10.2. The summed E-state index contributed by atoms with van der Waals surface area (Å²) < 4.78 is 15.4. The van der Waals surface area contributed by atoms with E-state index in [9.17, 15) is 4.79 Å². The molecule has 106 valence electrons. The number of carbonyl (C=O) groups is 1. The Bertz CT molecular complexity index is 411. The zero-order valence-electron chi connectivity index (χ0n) is 10.8. The second-order valence-corrected chi connectivity index (χ2v) is 3.73. The van der Waals surface area contributed by atoms with Crippen molar-refractivity contribution in [2.45, 2.75) is 6.42 Å². The van der Waals surface area contributed by atoms with Crippen LogP contribution >= 0.6 is 0 Å². The number of carboxylic acids is 1. The number of rotatable bonds is 9. The Morgan fingerprint density at radius 3 is 2.84 bits per heavy atom. The molecular weight excluding hydrogens is 252 g/mol. The minimum absolute atomic E-state index is 0.0437. The fourth-order valence-electron chi connectivity index (χ4n) is 1.34. The number of nitrogens with two attached hydrogens (primary N) is 1. The highest BCUT2D eigenvalue weighted by molar-refractivity contribution is 5.91. The van der Waals surface area contributed by atoms with Gasteiger partial charge in [-0.05, 0) is 12.5 Å². The van der Waals surface area contributed by atoms with Gasteiger partial charge >= 0.3 is 5.97 Å². The van der Waals surface area contributed by atoms with Gasteiger partial charge in [-0.15, -0.1) is 0 Å². The monoisotopic (exact) mass is 270 g/mol. The molecule has 0 radical (unpaired) electrons. The molecule has 7 nitrogen and oxygen atoms in total. The summed E-state index contributed by atoms with van der Waals surface area (Å²) in [5.41, 5.74) is 5.69. The van der Waals surface area contributed by atoms with E-state index in [0.29, 0.717) is 19.8 Å². The molecule has 0 saturated carbocycles. The van der Waals surface area contributed by atoms with Crippen molar-refractivity contribution in [2.75, 3.05) is 39.3 Å². The van der Waals surface area contributed by atoms with E-state index in [0.717, 1.165) is 6.42 Å². The van der Waals surface area contributed by atoms with Gasteiger partial charge in [-0.1, -0.05) is 0 Å². The van der Waals surface area contributed by atoms with Crippen LogP contribution in [0.1, 0.15) is 16.8 Å². The molecule has 0 aromatic carbocycles. The molecule has 1 aromatic rings. The molecule has 0 saturated heterocycles. The number of aromatic nitrogens is 1. The second-order valence-electron chi connectivity index (χ2n) is 3.73. The van der Waals surface area contributed by atoms with Crippen molar-refractivity contribution in [3.05, 3.63) is 17.8 Å². The predicted octanol–water partition coefficient (Wildman–Crippen LogP) is 0.794. The van der Waals surface area contributed by atoms with Gasteiger partial charge in [-0.2, -0.15) is 0 Å². The Balaban J connectivity index is 2.35. The molecule has 19 heavy (non-hydrogen) atoms. The highest BCUT2D eigenvalue weighted by Crippen LogP contribution is 2.17. The minimum atomic E-state index is -1.13. The fraction of sp³-hybridized carbons (Fsp3) is 0.500. The maximum absolute atomic E-state index is 11.0. The van der Waals surface area contributed by atoms with Crippen molar-refractivity contribution in [3.63, 3.8) is 0 Å². The number of carboxylic acid groups (broad SMARTS) is 1. The molecule has 3 N–H and O–H groups in total. The van der Waals surface area contributed by atoms with Crippen LogP contribution in [0.2, 0.25) is 0 Å². The molecule has 0 spiro atoms. The SMILES string of the molecule is COCCCOCCOc1ncc(N)cc1C(=O)O. The molecule has 0 aliphatic heterocycles. The van der Waals surface area contributed by atoms with E-state index in [1.807, 2.05) is 0 Å². The van der Waals surface area contributed by atoms with Gasteiger partial charge in [0.25, 0.3) is 0 Å². The van der Waals surface area contributed by atoms with Crippen molar-refractivity contribution in [2.24, 2.45) is 0 Å². The van der Waals surface area contributed by atoms with Crippen LogP contribution < -0.4 is 10.5 Å². The van der Waals surface area contributed by atoms with Gasteiger partial charge < -0.3 is 25.1 Å². The van der Waals surface area contributed by atoms with E-state index in [4.69, 9.17) is 25.1 Å². The summed E-state index contributed by atoms with van der Waals surface area (Å²) in [6.07, 6.45) is 2.15. The summed E-state index contributed by atoms with van der Waals surface area (Å²) in [7, 11) is 1.63. The van der Waals surface area contributed by atoms with Crippen LogP contribution in [0.15, 0.2) is 12.3 Å². The first kappa shape index (κ1) is 15.2. The quantitative estimate of drug-likeness (QED) is 0.639. The zero-order chi connectivity index (χ0) is 14.1. The zero-order valence-corrected chi connectivity index (χ0v) is 10.8. The van der Waals surface area contributed by atoms with Gasteiger partial charge in [-0.25, -0.2) is 9.78 Å². The molecule has 1 aromatic heterocycles. The van der Waals surface area contributed by atoms with Gasteiger partial charge in [0, 0.05) is 20.3 Å². The third kappa shape index (κ3) is 5.54.